The van der Waals surface area contributed by atoms with Crippen LogP contribution >= 0.6 is 0 Å². The highest BCUT2D eigenvalue weighted by atomic mass is 16.2. The van der Waals surface area contributed by atoms with E-state index in [4.69, 9.17) is 5.73 Å². The molecule has 3 rings (SSSR count). The van der Waals surface area contributed by atoms with Crippen molar-refractivity contribution in [3.05, 3.63) is 60.3 Å². The Morgan fingerprint density at radius 3 is 2.72 bits per heavy atom. The fraction of sp³-hybridized carbons (Fsp3) is 0.375. The number of pyridine rings is 1. The van der Waals surface area contributed by atoms with Crippen LogP contribution < -0.4 is 11.1 Å². The molecule has 0 aliphatic rings. The molecule has 1 aromatic carbocycles. The number of nitrogens with zero attached hydrogens (tertiary/aromatic N) is 3. The number of carbonyl (C=O) groups excluding carboxylic acids is 3. The second kappa shape index (κ2) is 11.2. The number of imidazole rings is 1. The normalized spacial score (nSPS) is 11.9. The zero-order chi connectivity index (χ0) is 22.9. The molecule has 2 aromatic heterocycles. The Bertz CT molecular complexity index is 1090. The number of aromatic nitrogens is 3. The van der Waals surface area contributed by atoms with Gasteiger partial charge < -0.3 is 15.6 Å². The second-order valence-corrected chi connectivity index (χ2v) is 7.78. The smallest absolute Gasteiger partial charge is 0.284 e. The van der Waals surface area contributed by atoms with Gasteiger partial charge in [-0.1, -0.05) is 38.0 Å². The molecule has 8 nitrogen and oxygen atoms in total. The molecule has 2 amide bonds. The molecule has 0 fully saturated rings. The van der Waals surface area contributed by atoms with E-state index in [1.807, 2.05) is 37.3 Å². The summed E-state index contributed by atoms with van der Waals surface area (Å²) < 4.78 is 1.54. The predicted octanol–water partition coefficient (Wildman–Crippen LogP) is 3.32. The maximum atomic E-state index is 13.1. The van der Waals surface area contributed by atoms with Crippen LogP contribution in [-0.4, -0.2) is 32.1 Å². The van der Waals surface area contributed by atoms with Crippen molar-refractivity contribution in [3.8, 4) is 0 Å². The Balaban J connectivity index is 1.66. The summed E-state index contributed by atoms with van der Waals surface area (Å²) in [7, 11) is 0. The first-order valence-corrected chi connectivity index (χ1v) is 10.9. The first-order chi connectivity index (χ1) is 15.5. The molecule has 0 aliphatic heterocycles. The quantitative estimate of drug-likeness (QED) is 0.423. The lowest BCUT2D eigenvalue weighted by molar-refractivity contribution is -0.125. The number of hydrogen-bond donors (Lipinski definition) is 2. The molecular weight excluding hydrogens is 406 g/mol. The number of hydrogen-bond acceptors (Lipinski definition) is 5. The molecule has 3 N–H and O–H groups in total. The minimum Gasteiger partial charge on any atom is -0.363 e. The maximum absolute atomic E-state index is 13.1. The van der Waals surface area contributed by atoms with Gasteiger partial charge in [-0.25, -0.2) is 4.98 Å². The Kier molecular flexibility index (Phi) is 8.08. The van der Waals surface area contributed by atoms with E-state index in [9.17, 15) is 14.4 Å². The van der Waals surface area contributed by atoms with Crippen molar-refractivity contribution in [1.29, 1.82) is 0 Å². The van der Waals surface area contributed by atoms with Crippen LogP contribution in [0, 0.1) is 0 Å². The number of rotatable bonds is 12. The molecule has 2 heterocycles. The van der Waals surface area contributed by atoms with Crippen molar-refractivity contribution >= 4 is 28.5 Å². The number of Topliss-reactive ketones (excluding diaryl/α,β-unsaturated/α-hetero) is 1. The minimum absolute atomic E-state index is 0.0543. The van der Waals surface area contributed by atoms with Crippen molar-refractivity contribution < 1.29 is 14.4 Å². The Labute approximate surface area is 187 Å². The molecule has 0 bridgehead atoms. The highest BCUT2D eigenvalue weighted by Gasteiger charge is 2.24. The number of unbranched alkanes of at least 4 members (excludes halogenated alkanes) is 2. The third-order valence-electron chi connectivity index (χ3n) is 5.47. The zero-order valence-corrected chi connectivity index (χ0v) is 18.3. The lowest BCUT2D eigenvalue weighted by atomic mass is 10.0. The topological polar surface area (TPSA) is 120 Å². The second-order valence-electron chi connectivity index (χ2n) is 7.78. The number of amides is 2. The first kappa shape index (κ1) is 23.1. The summed E-state index contributed by atoms with van der Waals surface area (Å²) >= 11 is 0. The number of nitrogens with two attached hydrogens (primary N) is 1. The van der Waals surface area contributed by atoms with Gasteiger partial charge in [0.15, 0.2) is 5.82 Å². The Morgan fingerprint density at radius 1 is 1.12 bits per heavy atom. The van der Waals surface area contributed by atoms with E-state index in [1.54, 1.807) is 12.4 Å². The van der Waals surface area contributed by atoms with E-state index in [0.29, 0.717) is 25.8 Å². The Hall–Kier alpha value is -3.55. The van der Waals surface area contributed by atoms with Crippen LogP contribution in [0.15, 0.2) is 48.9 Å². The van der Waals surface area contributed by atoms with Gasteiger partial charge in [0.2, 0.25) is 5.91 Å². The standard InChI is InChI=1S/C24H29N5O3/c1-2-19(30)9-4-3-5-11-21(29-13-12-26-23(29)22(25)31)24(32)28-16-17-14-18-8-6-7-10-20(18)27-15-17/h6-8,10,12-15,21H,2-5,9,11,16H2,1H3,(H2,25,31)(H,28,32)/t21-/m0/s1. The molecule has 0 saturated heterocycles. The monoisotopic (exact) mass is 435 g/mol. The van der Waals surface area contributed by atoms with E-state index < -0.39 is 11.9 Å². The lowest BCUT2D eigenvalue weighted by Crippen LogP contribution is -2.34. The van der Waals surface area contributed by atoms with Crippen molar-refractivity contribution in [1.82, 2.24) is 19.9 Å². The molecule has 0 unspecified atom stereocenters. The fourth-order valence-electron chi connectivity index (χ4n) is 3.69. The molecule has 0 aliphatic carbocycles. The fourth-order valence-corrected chi connectivity index (χ4v) is 3.69. The molecule has 168 valence electrons. The molecule has 0 saturated carbocycles. The van der Waals surface area contributed by atoms with Crippen LogP contribution in [0.25, 0.3) is 10.9 Å². The third-order valence-corrected chi connectivity index (χ3v) is 5.47. The number of primary amides is 1. The van der Waals surface area contributed by atoms with Gasteiger partial charge in [-0.3, -0.25) is 19.4 Å². The van der Waals surface area contributed by atoms with Crippen LogP contribution in [0.2, 0.25) is 0 Å². The van der Waals surface area contributed by atoms with Crippen molar-refractivity contribution in [2.45, 2.75) is 58.0 Å². The van der Waals surface area contributed by atoms with Crippen molar-refractivity contribution in [2.75, 3.05) is 0 Å². The van der Waals surface area contributed by atoms with E-state index in [2.05, 4.69) is 15.3 Å². The predicted molar refractivity (Wildman–Crippen MR) is 122 cm³/mol. The van der Waals surface area contributed by atoms with E-state index in [-0.39, 0.29) is 17.5 Å². The zero-order valence-electron chi connectivity index (χ0n) is 18.3. The van der Waals surface area contributed by atoms with Gasteiger partial charge in [-0.2, -0.15) is 0 Å². The largest absolute Gasteiger partial charge is 0.363 e. The van der Waals surface area contributed by atoms with Crippen LogP contribution in [0.4, 0.5) is 0 Å². The van der Waals surface area contributed by atoms with Gasteiger partial charge in [-0.15, -0.1) is 0 Å². The summed E-state index contributed by atoms with van der Waals surface area (Å²) in [6, 6.07) is 9.17. The number of carbonyl (C=O) groups is 3. The van der Waals surface area contributed by atoms with Crippen LogP contribution in [0.5, 0.6) is 0 Å². The molecule has 3 aromatic rings. The molecule has 0 spiro atoms. The van der Waals surface area contributed by atoms with Crippen molar-refractivity contribution in [2.24, 2.45) is 5.73 Å². The number of benzene rings is 1. The summed E-state index contributed by atoms with van der Waals surface area (Å²) in [5.74, 6) is -0.601. The van der Waals surface area contributed by atoms with E-state index in [1.165, 1.54) is 10.8 Å². The number of nitrogens with one attached hydrogen (secondary N) is 1. The first-order valence-electron chi connectivity index (χ1n) is 10.9. The summed E-state index contributed by atoms with van der Waals surface area (Å²) in [4.78, 5) is 44.8. The average molecular weight is 436 g/mol. The summed E-state index contributed by atoms with van der Waals surface area (Å²) in [6.07, 6.45) is 8.78. The van der Waals surface area contributed by atoms with Gasteiger partial charge in [0.05, 0.1) is 5.52 Å². The number of fused-ring (bicyclic) bond motifs is 1. The molecular formula is C24H29N5O3. The number of ketones is 1. The summed E-state index contributed by atoms with van der Waals surface area (Å²) in [5.41, 5.74) is 7.22. The van der Waals surface area contributed by atoms with Gasteiger partial charge in [0, 0.05) is 43.4 Å². The Morgan fingerprint density at radius 2 is 1.94 bits per heavy atom. The van der Waals surface area contributed by atoms with Gasteiger partial charge in [0.1, 0.15) is 11.8 Å². The van der Waals surface area contributed by atoms with E-state index >= 15 is 0 Å². The SMILES string of the molecule is CCC(=O)CCCCC[C@@H](C(=O)NCc1cnc2ccccc2c1)n1ccnc1C(N)=O. The molecule has 8 heteroatoms. The van der Waals surface area contributed by atoms with Crippen molar-refractivity contribution in [3.63, 3.8) is 0 Å². The van der Waals surface area contributed by atoms with Crippen LogP contribution in [0.3, 0.4) is 0 Å². The minimum atomic E-state index is -0.680. The molecule has 0 radical (unpaired) electrons. The third kappa shape index (κ3) is 6.00. The van der Waals surface area contributed by atoms with Crippen LogP contribution in [0.1, 0.15) is 67.7 Å². The van der Waals surface area contributed by atoms with Crippen LogP contribution in [-0.2, 0) is 16.1 Å². The highest BCUT2D eigenvalue weighted by molar-refractivity contribution is 5.90. The lowest BCUT2D eigenvalue weighted by Gasteiger charge is -2.20. The summed E-state index contributed by atoms with van der Waals surface area (Å²) in [6.45, 7) is 2.18. The molecule has 1 atom stereocenters. The van der Waals surface area contributed by atoms with Gasteiger partial charge >= 0.3 is 0 Å². The van der Waals surface area contributed by atoms with Gasteiger partial charge in [-0.05, 0) is 30.5 Å². The maximum Gasteiger partial charge on any atom is 0.284 e. The highest BCUT2D eigenvalue weighted by Crippen LogP contribution is 2.20. The molecule has 32 heavy (non-hydrogen) atoms. The van der Waals surface area contributed by atoms with Gasteiger partial charge in [0.25, 0.3) is 5.91 Å². The van der Waals surface area contributed by atoms with E-state index in [0.717, 1.165) is 35.7 Å². The summed E-state index contributed by atoms with van der Waals surface area (Å²) in [5, 5.41) is 3.96. The number of para-hydroxylation sites is 1. The average Bonchev–Trinajstić information content (AvgIpc) is 3.29.